The van der Waals surface area contributed by atoms with Gasteiger partial charge in [0.1, 0.15) is 12.2 Å². The number of carboxylic acid groups (broad SMARTS) is 1. The second-order valence-electron chi connectivity index (χ2n) is 3.79. The molecule has 1 rings (SSSR count). The van der Waals surface area contributed by atoms with Crippen molar-refractivity contribution in [3.8, 4) is 0 Å². The lowest BCUT2D eigenvalue weighted by molar-refractivity contribution is -0.144. The largest absolute Gasteiger partial charge is 0.469 e. The average molecular weight is 229 g/mol. The number of nitrogens with zero attached hydrogens (tertiary/aromatic N) is 1. The topological polar surface area (TPSA) is 83.9 Å². The quantitative estimate of drug-likeness (QED) is 0.563. The van der Waals surface area contributed by atoms with E-state index in [4.69, 9.17) is 5.11 Å². The molecule has 0 bridgehead atoms. The van der Waals surface area contributed by atoms with Crippen molar-refractivity contribution in [2.24, 2.45) is 5.92 Å². The number of piperidine rings is 1. The molecular formula is C10H15NO5. The second kappa shape index (κ2) is 5.48. The number of likely N-dealkylation sites (tertiary alicyclic amines) is 1. The van der Waals surface area contributed by atoms with E-state index in [1.54, 1.807) is 0 Å². The number of carbonyl (C=O) groups excluding carboxylic acids is 2. The summed E-state index contributed by atoms with van der Waals surface area (Å²) >= 11 is 0. The van der Waals surface area contributed by atoms with Crippen molar-refractivity contribution in [1.29, 1.82) is 0 Å². The molecule has 1 heterocycles. The normalized spacial score (nSPS) is 20.3. The van der Waals surface area contributed by atoms with E-state index in [0.29, 0.717) is 19.4 Å². The molecule has 0 aromatic heterocycles. The van der Waals surface area contributed by atoms with Crippen molar-refractivity contribution >= 4 is 17.8 Å². The minimum atomic E-state index is -1.02. The molecule has 16 heavy (non-hydrogen) atoms. The predicted octanol–water partition coefficient (Wildman–Crippen LogP) is 0.509. The van der Waals surface area contributed by atoms with Gasteiger partial charge < -0.3 is 14.7 Å². The molecule has 1 N–H and O–H groups in total. The van der Waals surface area contributed by atoms with Gasteiger partial charge in [-0.25, -0.2) is 4.79 Å². The molecule has 0 aromatic rings. The van der Waals surface area contributed by atoms with Crippen LogP contribution in [0.3, 0.4) is 0 Å². The third kappa shape index (κ3) is 3.22. The van der Waals surface area contributed by atoms with Crippen LogP contribution in [0.5, 0.6) is 0 Å². The Balaban J connectivity index is 2.50. The van der Waals surface area contributed by atoms with Gasteiger partial charge in [-0.3, -0.25) is 9.59 Å². The Hall–Kier alpha value is -1.59. The molecule has 0 saturated carbocycles. The molecule has 1 fully saturated rings. The minimum Gasteiger partial charge on any atom is -0.469 e. The molecule has 1 unspecified atom stereocenters. The van der Waals surface area contributed by atoms with Gasteiger partial charge in [-0.05, 0) is 12.8 Å². The van der Waals surface area contributed by atoms with Crippen LogP contribution < -0.4 is 0 Å². The van der Waals surface area contributed by atoms with Crippen LogP contribution in [0.4, 0.5) is 4.79 Å². The van der Waals surface area contributed by atoms with Gasteiger partial charge in [-0.2, -0.15) is 0 Å². The van der Waals surface area contributed by atoms with Crippen LogP contribution in [0.25, 0.3) is 0 Å². The number of ether oxygens (including phenoxy) is 1. The standard InChI is InChI=1S/C10H15NO5/c1-16-9(13)5-8(12)7-3-2-4-11(6-7)10(14)15/h7H,2-6H2,1H3,(H,14,15). The van der Waals surface area contributed by atoms with Gasteiger partial charge in [0.2, 0.25) is 0 Å². The van der Waals surface area contributed by atoms with E-state index < -0.39 is 12.1 Å². The number of esters is 1. The third-order valence-corrected chi connectivity index (χ3v) is 2.69. The van der Waals surface area contributed by atoms with Crippen molar-refractivity contribution in [2.75, 3.05) is 20.2 Å². The number of ketones is 1. The zero-order valence-corrected chi connectivity index (χ0v) is 9.14. The minimum absolute atomic E-state index is 0.186. The van der Waals surface area contributed by atoms with E-state index in [0.717, 1.165) is 0 Å². The zero-order chi connectivity index (χ0) is 12.1. The van der Waals surface area contributed by atoms with Gasteiger partial charge >= 0.3 is 12.1 Å². The maximum atomic E-state index is 11.6. The molecule has 6 heteroatoms. The summed E-state index contributed by atoms with van der Waals surface area (Å²) in [7, 11) is 1.22. The number of hydrogen-bond donors (Lipinski definition) is 1. The van der Waals surface area contributed by atoms with E-state index in [9.17, 15) is 14.4 Å². The Labute approximate surface area is 93.2 Å². The van der Waals surface area contributed by atoms with Crippen molar-refractivity contribution in [3.63, 3.8) is 0 Å². The second-order valence-corrected chi connectivity index (χ2v) is 3.79. The number of hydrogen-bond acceptors (Lipinski definition) is 4. The molecular weight excluding hydrogens is 214 g/mol. The van der Waals surface area contributed by atoms with E-state index >= 15 is 0 Å². The summed E-state index contributed by atoms with van der Waals surface area (Å²) in [5.74, 6) is -1.18. The van der Waals surface area contributed by atoms with Gasteiger partial charge in [0, 0.05) is 19.0 Å². The lowest BCUT2D eigenvalue weighted by Gasteiger charge is -2.29. The van der Waals surface area contributed by atoms with Crippen LogP contribution in [0.1, 0.15) is 19.3 Å². The smallest absolute Gasteiger partial charge is 0.407 e. The monoisotopic (exact) mass is 229 g/mol. The highest BCUT2D eigenvalue weighted by molar-refractivity contribution is 5.97. The lowest BCUT2D eigenvalue weighted by atomic mass is 9.92. The Kier molecular flexibility index (Phi) is 4.28. The van der Waals surface area contributed by atoms with E-state index in [-0.39, 0.29) is 24.7 Å². The van der Waals surface area contributed by atoms with Gasteiger partial charge in [0.05, 0.1) is 7.11 Å². The first-order chi connectivity index (χ1) is 7.54. The first-order valence-electron chi connectivity index (χ1n) is 5.12. The molecule has 1 amide bonds. The Bertz CT molecular complexity index is 302. The molecule has 1 aliphatic rings. The van der Waals surface area contributed by atoms with Crippen molar-refractivity contribution in [3.05, 3.63) is 0 Å². The fourth-order valence-corrected chi connectivity index (χ4v) is 1.77. The highest BCUT2D eigenvalue weighted by Crippen LogP contribution is 2.18. The number of rotatable bonds is 3. The summed E-state index contributed by atoms with van der Waals surface area (Å²) in [4.78, 5) is 34.5. The fraction of sp³-hybridized carbons (Fsp3) is 0.700. The first kappa shape index (κ1) is 12.5. The molecule has 0 spiro atoms. The Morgan fingerprint density at radius 2 is 2.12 bits per heavy atom. The summed E-state index contributed by atoms with van der Waals surface area (Å²) in [5, 5.41) is 8.79. The summed E-state index contributed by atoms with van der Waals surface area (Å²) in [6.07, 6.45) is 0.00791. The summed E-state index contributed by atoms with van der Waals surface area (Å²) < 4.78 is 4.40. The molecule has 1 aliphatic heterocycles. The SMILES string of the molecule is COC(=O)CC(=O)C1CCCN(C(=O)O)C1. The lowest BCUT2D eigenvalue weighted by Crippen LogP contribution is -2.42. The number of methoxy groups -OCH3 is 1. The van der Waals surface area contributed by atoms with E-state index in [1.165, 1.54) is 12.0 Å². The van der Waals surface area contributed by atoms with E-state index in [2.05, 4.69) is 4.74 Å². The van der Waals surface area contributed by atoms with Crippen molar-refractivity contribution in [2.45, 2.75) is 19.3 Å². The molecule has 0 aliphatic carbocycles. The van der Waals surface area contributed by atoms with Crippen molar-refractivity contribution in [1.82, 2.24) is 4.90 Å². The van der Waals surface area contributed by atoms with Gasteiger partial charge in [0.25, 0.3) is 0 Å². The number of Topliss-reactive ketones (excluding diaryl/α,β-unsaturated/α-hetero) is 1. The maximum absolute atomic E-state index is 11.6. The van der Waals surface area contributed by atoms with Crippen LogP contribution >= 0.6 is 0 Å². The highest BCUT2D eigenvalue weighted by atomic mass is 16.5. The predicted molar refractivity (Wildman–Crippen MR) is 54.0 cm³/mol. The maximum Gasteiger partial charge on any atom is 0.407 e. The summed E-state index contributed by atoms with van der Waals surface area (Å²) in [6, 6.07) is 0. The van der Waals surface area contributed by atoms with Crippen LogP contribution in [0.15, 0.2) is 0 Å². The zero-order valence-electron chi connectivity index (χ0n) is 9.14. The Morgan fingerprint density at radius 3 is 2.69 bits per heavy atom. The average Bonchev–Trinajstić information content (AvgIpc) is 2.28. The molecule has 1 atom stereocenters. The van der Waals surface area contributed by atoms with Crippen LogP contribution in [0, 0.1) is 5.92 Å². The third-order valence-electron chi connectivity index (χ3n) is 2.69. The van der Waals surface area contributed by atoms with Crippen LogP contribution in [-0.2, 0) is 14.3 Å². The van der Waals surface area contributed by atoms with Gasteiger partial charge in [-0.1, -0.05) is 0 Å². The summed E-state index contributed by atoms with van der Waals surface area (Å²) in [6.45, 7) is 0.641. The Morgan fingerprint density at radius 1 is 1.44 bits per heavy atom. The van der Waals surface area contributed by atoms with E-state index in [1.807, 2.05) is 0 Å². The first-order valence-corrected chi connectivity index (χ1v) is 5.12. The summed E-state index contributed by atoms with van der Waals surface area (Å²) in [5.41, 5.74) is 0. The molecule has 6 nitrogen and oxygen atoms in total. The van der Waals surface area contributed by atoms with Crippen molar-refractivity contribution < 1.29 is 24.2 Å². The van der Waals surface area contributed by atoms with Crippen LogP contribution in [-0.4, -0.2) is 48.1 Å². The highest BCUT2D eigenvalue weighted by Gasteiger charge is 2.29. The number of carbonyl (C=O) groups is 3. The molecule has 90 valence electrons. The van der Waals surface area contributed by atoms with Gasteiger partial charge in [-0.15, -0.1) is 0 Å². The molecule has 1 saturated heterocycles. The van der Waals surface area contributed by atoms with Crippen LogP contribution in [0.2, 0.25) is 0 Å². The van der Waals surface area contributed by atoms with Gasteiger partial charge in [0.15, 0.2) is 0 Å². The number of amides is 1. The molecule has 0 aromatic carbocycles. The fourth-order valence-electron chi connectivity index (χ4n) is 1.77. The molecule has 0 radical (unpaired) electrons.